The first-order chi connectivity index (χ1) is 10.2. The van der Waals surface area contributed by atoms with Gasteiger partial charge in [-0.05, 0) is 12.1 Å². The number of ether oxygens (including phenoxy) is 2. The van der Waals surface area contributed by atoms with Crippen LogP contribution in [0.15, 0.2) is 36.5 Å². The number of carbonyl (C=O) groups excluding carboxylic acids is 1. The number of thiazole rings is 1. The number of fused-ring (bicyclic) bond motifs is 1. The summed E-state index contributed by atoms with van der Waals surface area (Å²) in [5.41, 5.74) is 0.714. The molecule has 0 radical (unpaired) electrons. The molecule has 0 bridgehead atoms. The molecule has 0 atom stereocenters. The van der Waals surface area contributed by atoms with E-state index in [1.807, 2.05) is 24.3 Å². The Hall–Kier alpha value is -2.18. The number of methoxy groups -OCH3 is 1. The van der Waals surface area contributed by atoms with E-state index in [1.165, 1.54) is 7.11 Å². The first-order valence-electron chi connectivity index (χ1n) is 5.95. The highest BCUT2D eigenvalue weighted by atomic mass is 35.5. The van der Waals surface area contributed by atoms with Crippen molar-refractivity contribution in [3.05, 3.63) is 46.6 Å². The molecule has 3 rings (SSSR count). The lowest BCUT2D eigenvalue weighted by Crippen LogP contribution is -1.98. The van der Waals surface area contributed by atoms with Crippen molar-refractivity contribution < 1.29 is 14.3 Å². The highest BCUT2D eigenvalue weighted by Gasteiger charge is 2.19. The molecule has 0 aliphatic heterocycles. The second-order valence-corrected chi connectivity index (χ2v) is 5.34. The monoisotopic (exact) mass is 320 g/mol. The Morgan fingerprint density at radius 1 is 1.29 bits per heavy atom. The van der Waals surface area contributed by atoms with Gasteiger partial charge in [-0.3, -0.25) is 4.98 Å². The molecule has 7 heteroatoms. The van der Waals surface area contributed by atoms with Crippen LogP contribution in [0.4, 0.5) is 0 Å². The third-order valence-corrected chi connectivity index (χ3v) is 4.03. The maximum absolute atomic E-state index is 11.5. The fourth-order valence-electron chi connectivity index (χ4n) is 1.80. The van der Waals surface area contributed by atoms with E-state index in [4.69, 9.17) is 16.3 Å². The molecule has 0 spiro atoms. The number of para-hydroxylation sites is 1. The number of halogens is 1. The van der Waals surface area contributed by atoms with E-state index in [2.05, 4.69) is 14.7 Å². The van der Waals surface area contributed by atoms with Gasteiger partial charge in [-0.2, -0.15) is 4.98 Å². The minimum Gasteiger partial charge on any atom is -0.465 e. The van der Waals surface area contributed by atoms with E-state index in [-0.39, 0.29) is 15.2 Å². The van der Waals surface area contributed by atoms with Crippen LogP contribution in [0.5, 0.6) is 10.9 Å². The van der Waals surface area contributed by atoms with Crippen molar-refractivity contribution in [1.82, 2.24) is 9.97 Å². The van der Waals surface area contributed by atoms with Crippen LogP contribution in [0.2, 0.25) is 5.15 Å². The van der Waals surface area contributed by atoms with Crippen LogP contribution in [0, 0.1) is 0 Å². The van der Waals surface area contributed by atoms with E-state index < -0.39 is 5.97 Å². The molecule has 2 heterocycles. The molecule has 106 valence electrons. The SMILES string of the molecule is COC(=O)c1sc(Oc2cccc3cccnc23)nc1Cl. The summed E-state index contributed by atoms with van der Waals surface area (Å²) >= 11 is 6.93. The van der Waals surface area contributed by atoms with Gasteiger partial charge in [0.1, 0.15) is 5.52 Å². The van der Waals surface area contributed by atoms with Gasteiger partial charge >= 0.3 is 5.97 Å². The summed E-state index contributed by atoms with van der Waals surface area (Å²) < 4.78 is 10.3. The molecule has 0 unspecified atom stereocenters. The standard InChI is InChI=1S/C14H9ClN2O3S/c1-19-13(18)11-12(15)17-14(21-11)20-9-6-2-4-8-5-3-7-16-10(8)9/h2-7H,1H3. The number of carbonyl (C=O) groups is 1. The Morgan fingerprint density at radius 2 is 2.10 bits per heavy atom. The number of pyridine rings is 1. The van der Waals surface area contributed by atoms with E-state index in [9.17, 15) is 4.79 Å². The van der Waals surface area contributed by atoms with E-state index in [0.29, 0.717) is 11.3 Å². The quantitative estimate of drug-likeness (QED) is 0.684. The van der Waals surface area contributed by atoms with Crippen molar-refractivity contribution in [2.24, 2.45) is 0 Å². The lowest BCUT2D eigenvalue weighted by Gasteiger charge is -2.04. The number of rotatable bonds is 3. The zero-order valence-electron chi connectivity index (χ0n) is 10.9. The molecular formula is C14H9ClN2O3S. The lowest BCUT2D eigenvalue weighted by molar-refractivity contribution is 0.0606. The molecule has 0 N–H and O–H groups in total. The molecule has 2 aromatic heterocycles. The lowest BCUT2D eigenvalue weighted by atomic mass is 10.2. The normalized spacial score (nSPS) is 10.6. The van der Waals surface area contributed by atoms with Crippen LogP contribution in [-0.4, -0.2) is 23.0 Å². The molecule has 0 fully saturated rings. The summed E-state index contributed by atoms with van der Waals surface area (Å²) in [4.78, 5) is 20.0. The minimum absolute atomic E-state index is 0.0649. The molecular weight excluding hydrogens is 312 g/mol. The first kappa shape index (κ1) is 13.8. The third-order valence-electron chi connectivity index (χ3n) is 2.73. The van der Waals surface area contributed by atoms with Gasteiger partial charge in [0.15, 0.2) is 15.8 Å². The van der Waals surface area contributed by atoms with E-state index >= 15 is 0 Å². The molecule has 1 aromatic carbocycles. The van der Waals surface area contributed by atoms with Gasteiger partial charge in [-0.25, -0.2) is 4.79 Å². The number of aromatic nitrogens is 2. The molecule has 5 nitrogen and oxygen atoms in total. The third kappa shape index (κ3) is 2.68. The molecule has 0 aliphatic carbocycles. The van der Waals surface area contributed by atoms with Gasteiger partial charge in [-0.1, -0.05) is 41.1 Å². The minimum atomic E-state index is -0.539. The first-order valence-corrected chi connectivity index (χ1v) is 7.14. The zero-order chi connectivity index (χ0) is 14.8. The predicted octanol–water partition coefficient (Wildman–Crippen LogP) is 3.92. The summed E-state index contributed by atoms with van der Waals surface area (Å²) in [7, 11) is 1.29. The number of benzene rings is 1. The Kier molecular flexibility index (Phi) is 3.72. The summed E-state index contributed by atoms with van der Waals surface area (Å²) in [6, 6.07) is 9.35. The summed E-state index contributed by atoms with van der Waals surface area (Å²) in [5, 5.41) is 1.28. The number of nitrogens with zero attached hydrogens (tertiary/aromatic N) is 2. The molecule has 3 aromatic rings. The van der Waals surface area contributed by atoms with Crippen molar-refractivity contribution in [3.8, 4) is 10.9 Å². The Bertz CT molecular complexity index is 814. The largest absolute Gasteiger partial charge is 0.465 e. The molecule has 0 saturated heterocycles. The van der Waals surface area contributed by atoms with Gasteiger partial charge in [0, 0.05) is 11.6 Å². The number of esters is 1. The van der Waals surface area contributed by atoms with Gasteiger partial charge in [0.2, 0.25) is 0 Å². The van der Waals surface area contributed by atoms with Gasteiger partial charge in [0.25, 0.3) is 5.19 Å². The van der Waals surface area contributed by atoms with Gasteiger partial charge in [0.05, 0.1) is 7.11 Å². The Labute approximate surface area is 129 Å². The van der Waals surface area contributed by atoms with E-state index in [1.54, 1.807) is 12.3 Å². The summed E-state index contributed by atoms with van der Waals surface area (Å²) in [5.74, 6) is 0.0123. The highest BCUT2D eigenvalue weighted by molar-refractivity contribution is 7.15. The van der Waals surface area contributed by atoms with Gasteiger partial charge < -0.3 is 9.47 Å². The van der Waals surface area contributed by atoms with Crippen LogP contribution in [0.25, 0.3) is 10.9 Å². The van der Waals surface area contributed by atoms with Crippen LogP contribution in [0.1, 0.15) is 9.67 Å². The van der Waals surface area contributed by atoms with Crippen molar-refractivity contribution in [2.45, 2.75) is 0 Å². The number of hydrogen-bond acceptors (Lipinski definition) is 6. The van der Waals surface area contributed by atoms with Crippen molar-refractivity contribution in [3.63, 3.8) is 0 Å². The molecule has 21 heavy (non-hydrogen) atoms. The van der Waals surface area contributed by atoms with Crippen molar-refractivity contribution in [1.29, 1.82) is 0 Å². The number of hydrogen-bond donors (Lipinski definition) is 0. The van der Waals surface area contributed by atoms with Crippen LogP contribution < -0.4 is 4.74 Å². The second kappa shape index (κ2) is 5.67. The average molecular weight is 321 g/mol. The summed E-state index contributed by atoms with van der Waals surface area (Å²) in [6.07, 6.45) is 1.68. The fraction of sp³-hybridized carbons (Fsp3) is 0.0714. The fourth-order valence-corrected chi connectivity index (χ4v) is 2.86. The van der Waals surface area contributed by atoms with Crippen LogP contribution in [0.3, 0.4) is 0 Å². The summed E-state index contributed by atoms with van der Waals surface area (Å²) in [6.45, 7) is 0. The topological polar surface area (TPSA) is 61.3 Å². The Balaban J connectivity index is 1.98. The zero-order valence-corrected chi connectivity index (χ0v) is 12.4. The highest BCUT2D eigenvalue weighted by Crippen LogP contribution is 2.34. The Morgan fingerprint density at radius 3 is 2.90 bits per heavy atom. The smallest absolute Gasteiger partial charge is 0.351 e. The van der Waals surface area contributed by atoms with Crippen molar-refractivity contribution >= 4 is 39.8 Å². The molecule has 0 aliphatic rings. The molecule has 0 amide bonds. The van der Waals surface area contributed by atoms with E-state index in [0.717, 1.165) is 16.7 Å². The maximum atomic E-state index is 11.5. The van der Waals surface area contributed by atoms with Crippen LogP contribution >= 0.6 is 22.9 Å². The van der Waals surface area contributed by atoms with Crippen LogP contribution in [-0.2, 0) is 4.74 Å². The van der Waals surface area contributed by atoms with Gasteiger partial charge in [-0.15, -0.1) is 0 Å². The maximum Gasteiger partial charge on any atom is 0.351 e. The molecule has 0 saturated carbocycles. The average Bonchev–Trinajstić information content (AvgIpc) is 2.87. The van der Waals surface area contributed by atoms with Crippen molar-refractivity contribution in [2.75, 3.05) is 7.11 Å². The second-order valence-electron chi connectivity index (χ2n) is 4.02. The predicted molar refractivity (Wildman–Crippen MR) is 80.3 cm³/mol.